The fourth-order valence-electron chi connectivity index (χ4n) is 2.51. The molecule has 1 atom stereocenters. The third-order valence-corrected chi connectivity index (χ3v) is 3.63. The molecule has 0 bridgehead atoms. The summed E-state index contributed by atoms with van der Waals surface area (Å²) >= 11 is 0. The average molecular weight is 232 g/mol. The molecule has 17 heavy (non-hydrogen) atoms. The van der Waals surface area contributed by atoms with Gasteiger partial charge in [0.1, 0.15) is 0 Å². The summed E-state index contributed by atoms with van der Waals surface area (Å²) in [6, 6.07) is 11.3. The summed E-state index contributed by atoms with van der Waals surface area (Å²) in [6.07, 6.45) is 4.17. The molecule has 1 saturated heterocycles. The number of benzene rings is 1. The van der Waals surface area contributed by atoms with Crippen LogP contribution in [0.3, 0.4) is 0 Å². The van der Waals surface area contributed by atoms with Crippen LogP contribution in [0.4, 0.5) is 0 Å². The Kier molecular flexibility index (Phi) is 5.02. The molecule has 1 aliphatic rings. The van der Waals surface area contributed by atoms with Gasteiger partial charge in [0.2, 0.25) is 0 Å². The summed E-state index contributed by atoms with van der Waals surface area (Å²) in [6.45, 7) is 6.99. The Morgan fingerprint density at radius 2 is 1.82 bits per heavy atom. The Morgan fingerprint density at radius 3 is 2.53 bits per heavy atom. The lowest BCUT2D eigenvalue weighted by Crippen LogP contribution is -2.42. The van der Waals surface area contributed by atoms with Crippen LogP contribution in [-0.2, 0) is 6.54 Å². The molecule has 0 spiro atoms. The molecule has 1 aromatic carbocycles. The van der Waals surface area contributed by atoms with Crippen LogP contribution in [0, 0.1) is 0 Å². The van der Waals surface area contributed by atoms with Crippen molar-refractivity contribution >= 4 is 0 Å². The second-order valence-corrected chi connectivity index (χ2v) is 5.06. The third kappa shape index (κ3) is 4.14. The molecule has 0 unspecified atom stereocenters. The van der Waals surface area contributed by atoms with Crippen LogP contribution in [0.15, 0.2) is 30.3 Å². The minimum Gasteiger partial charge on any atom is -0.311 e. The quantitative estimate of drug-likeness (QED) is 0.839. The van der Waals surface area contributed by atoms with Gasteiger partial charge in [-0.15, -0.1) is 0 Å². The first kappa shape index (κ1) is 12.6. The molecule has 1 aliphatic heterocycles. The number of hydrogen-bond donors (Lipinski definition) is 1. The minimum absolute atomic E-state index is 0.666. The highest BCUT2D eigenvalue weighted by Gasteiger charge is 2.15. The summed E-state index contributed by atoms with van der Waals surface area (Å²) in [7, 11) is 0. The average Bonchev–Trinajstić information content (AvgIpc) is 2.41. The molecule has 0 aliphatic carbocycles. The van der Waals surface area contributed by atoms with Crippen molar-refractivity contribution in [2.75, 3.05) is 19.6 Å². The minimum atomic E-state index is 0.666. The lowest BCUT2D eigenvalue weighted by molar-refractivity contribution is 0.170. The molecule has 1 aromatic rings. The predicted molar refractivity (Wildman–Crippen MR) is 73.0 cm³/mol. The van der Waals surface area contributed by atoms with Crippen LogP contribution in [0.25, 0.3) is 0 Å². The van der Waals surface area contributed by atoms with E-state index in [-0.39, 0.29) is 0 Å². The van der Waals surface area contributed by atoms with Crippen molar-refractivity contribution in [3.63, 3.8) is 0 Å². The van der Waals surface area contributed by atoms with E-state index in [0.29, 0.717) is 6.04 Å². The fraction of sp³-hybridized carbons (Fsp3) is 0.600. The summed E-state index contributed by atoms with van der Waals surface area (Å²) in [5.74, 6) is 0. The van der Waals surface area contributed by atoms with Gasteiger partial charge in [0.25, 0.3) is 0 Å². The molecule has 1 heterocycles. The Balaban J connectivity index is 1.67. The zero-order chi connectivity index (χ0) is 11.9. The Labute approximate surface area is 105 Å². The molecule has 1 fully saturated rings. The third-order valence-electron chi connectivity index (χ3n) is 3.63. The van der Waals surface area contributed by atoms with E-state index in [2.05, 4.69) is 47.5 Å². The Hall–Kier alpha value is -0.860. The monoisotopic (exact) mass is 232 g/mol. The fourth-order valence-corrected chi connectivity index (χ4v) is 2.51. The zero-order valence-corrected chi connectivity index (χ0v) is 10.9. The highest BCUT2D eigenvalue weighted by molar-refractivity contribution is 5.14. The number of hydrogen-bond acceptors (Lipinski definition) is 2. The van der Waals surface area contributed by atoms with Gasteiger partial charge < -0.3 is 5.32 Å². The molecule has 1 N–H and O–H groups in total. The molecule has 2 nitrogen and oxygen atoms in total. The van der Waals surface area contributed by atoms with E-state index in [1.165, 1.54) is 37.9 Å². The highest BCUT2D eigenvalue weighted by atomic mass is 15.2. The summed E-state index contributed by atoms with van der Waals surface area (Å²) in [4.78, 5) is 2.61. The van der Waals surface area contributed by atoms with E-state index in [4.69, 9.17) is 0 Å². The van der Waals surface area contributed by atoms with Gasteiger partial charge in [0, 0.05) is 19.1 Å². The van der Waals surface area contributed by atoms with Gasteiger partial charge in [-0.2, -0.15) is 0 Å². The molecule has 0 aromatic heterocycles. The highest BCUT2D eigenvalue weighted by Crippen LogP contribution is 2.11. The van der Waals surface area contributed by atoms with Crippen molar-refractivity contribution in [1.82, 2.24) is 10.2 Å². The predicted octanol–water partition coefficient (Wildman–Crippen LogP) is 2.65. The van der Waals surface area contributed by atoms with Crippen LogP contribution in [-0.4, -0.2) is 30.6 Å². The van der Waals surface area contributed by atoms with Gasteiger partial charge in [-0.05, 0) is 38.4 Å². The van der Waals surface area contributed by atoms with Crippen molar-refractivity contribution in [2.45, 2.75) is 38.8 Å². The van der Waals surface area contributed by atoms with E-state index >= 15 is 0 Å². The SMILES string of the molecule is C[C@@H](CNCc1ccccc1)N1CCCCC1. The Morgan fingerprint density at radius 1 is 1.12 bits per heavy atom. The van der Waals surface area contributed by atoms with Crippen molar-refractivity contribution in [3.05, 3.63) is 35.9 Å². The van der Waals surface area contributed by atoms with E-state index in [9.17, 15) is 0 Å². The van der Waals surface area contributed by atoms with Gasteiger partial charge >= 0.3 is 0 Å². The van der Waals surface area contributed by atoms with E-state index < -0.39 is 0 Å². The molecular weight excluding hydrogens is 208 g/mol. The number of rotatable bonds is 5. The largest absolute Gasteiger partial charge is 0.311 e. The van der Waals surface area contributed by atoms with Crippen LogP contribution in [0.1, 0.15) is 31.7 Å². The second kappa shape index (κ2) is 6.77. The smallest absolute Gasteiger partial charge is 0.0206 e. The molecule has 2 heteroatoms. The molecule has 0 radical (unpaired) electrons. The first-order chi connectivity index (χ1) is 8.36. The number of nitrogens with one attached hydrogen (secondary N) is 1. The molecule has 2 rings (SSSR count). The zero-order valence-electron chi connectivity index (χ0n) is 10.9. The van der Waals surface area contributed by atoms with Crippen molar-refractivity contribution in [1.29, 1.82) is 0 Å². The topological polar surface area (TPSA) is 15.3 Å². The summed E-state index contributed by atoms with van der Waals surface area (Å²) in [5.41, 5.74) is 1.37. The van der Waals surface area contributed by atoms with Gasteiger partial charge in [0.15, 0.2) is 0 Å². The molecular formula is C15H24N2. The first-order valence-electron chi connectivity index (χ1n) is 6.85. The number of nitrogens with zero attached hydrogens (tertiary/aromatic N) is 1. The molecule has 0 saturated carbocycles. The first-order valence-corrected chi connectivity index (χ1v) is 6.85. The Bertz CT molecular complexity index is 304. The normalized spacial score (nSPS) is 19.1. The lowest BCUT2D eigenvalue weighted by Gasteiger charge is -2.32. The maximum absolute atomic E-state index is 3.56. The van der Waals surface area contributed by atoms with E-state index in [1.54, 1.807) is 0 Å². The van der Waals surface area contributed by atoms with Gasteiger partial charge in [-0.25, -0.2) is 0 Å². The van der Waals surface area contributed by atoms with Gasteiger partial charge in [-0.3, -0.25) is 4.90 Å². The van der Waals surface area contributed by atoms with Crippen LogP contribution in [0.5, 0.6) is 0 Å². The standard InChI is InChI=1S/C15H24N2/c1-14(17-10-6-3-7-11-17)12-16-13-15-8-4-2-5-9-15/h2,4-5,8-9,14,16H,3,6-7,10-13H2,1H3/t14-/m0/s1. The molecule has 0 amide bonds. The number of likely N-dealkylation sites (tertiary alicyclic amines) is 1. The van der Waals surface area contributed by atoms with Gasteiger partial charge in [-0.1, -0.05) is 36.8 Å². The summed E-state index contributed by atoms with van der Waals surface area (Å²) in [5, 5.41) is 3.56. The van der Waals surface area contributed by atoms with E-state index in [0.717, 1.165) is 13.1 Å². The summed E-state index contributed by atoms with van der Waals surface area (Å²) < 4.78 is 0. The van der Waals surface area contributed by atoms with Crippen molar-refractivity contribution < 1.29 is 0 Å². The van der Waals surface area contributed by atoms with E-state index in [1.807, 2.05) is 0 Å². The second-order valence-electron chi connectivity index (χ2n) is 5.06. The maximum Gasteiger partial charge on any atom is 0.0206 e. The van der Waals surface area contributed by atoms with Crippen LogP contribution < -0.4 is 5.32 Å². The maximum atomic E-state index is 3.56. The van der Waals surface area contributed by atoms with Gasteiger partial charge in [0.05, 0.1) is 0 Å². The van der Waals surface area contributed by atoms with Crippen LogP contribution >= 0.6 is 0 Å². The van der Waals surface area contributed by atoms with Crippen molar-refractivity contribution in [3.8, 4) is 0 Å². The van der Waals surface area contributed by atoms with Crippen molar-refractivity contribution in [2.24, 2.45) is 0 Å². The lowest BCUT2D eigenvalue weighted by atomic mass is 10.1. The van der Waals surface area contributed by atoms with Crippen LogP contribution in [0.2, 0.25) is 0 Å². The molecule has 94 valence electrons. The number of piperidine rings is 1.